The third kappa shape index (κ3) is 2.51. The molecule has 140 valence electrons. The predicted octanol–water partition coefficient (Wildman–Crippen LogP) is 3.33. The van der Waals surface area contributed by atoms with Crippen LogP contribution in [0.4, 0.5) is 10.5 Å². The van der Waals surface area contributed by atoms with E-state index in [9.17, 15) is 4.79 Å². The summed E-state index contributed by atoms with van der Waals surface area (Å²) >= 11 is 0. The van der Waals surface area contributed by atoms with Crippen LogP contribution in [0.2, 0.25) is 0 Å². The van der Waals surface area contributed by atoms with E-state index in [0.717, 1.165) is 28.0 Å². The lowest BCUT2D eigenvalue weighted by Gasteiger charge is -2.23. The zero-order valence-electron chi connectivity index (χ0n) is 15.7. The van der Waals surface area contributed by atoms with Gasteiger partial charge in [-0.3, -0.25) is 9.89 Å². The number of anilines is 1. The summed E-state index contributed by atoms with van der Waals surface area (Å²) in [6, 6.07) is 9.77. The van der Waals surface area contributed by atoms with E-state index < -0.39 is 0 Å². The van der Waals surface area contributed by atoms with Crippen molar-refractivity contribution in [2.24, 2.45) is 4.99 Å². The molecule has 2 atom stereocenters. The van der Waals surface area contributed by atoms with Crippen molar-refractivity contribution < 1.29 is 4.79 Å². The summed E-state index contributed by atoms with van der Waals surface area (Å²) < 4.78 is 1.77. The third-order valence-electron chi connectivity index (χ3n) is 5.25. The first kappa shape index (κ1) is 16.7. The Bertz CT molecular complexity index is 1110. The molecule has 0 N–H and O–H groups in total. The molecule has 3 aromatic rings. The molecule has 1 fully saturated rings. The number of carbonyl (C=O) groups excluding carboxylic acids is 1. The summed E-state index contributed by atoms with van der Waals surface area (Å²) in [5.74, 6) is 0.764. The normalized spacial score (nSPS) is 21.0. The van der Waals surface area contributed by atoms with Crippen molar-refractivity contribution in [1.29, 1.82) is 0 Å². The molecule has 28 heavy (non-hydrogen) atoms. The monoisotopic (exact) mass is 372 g/mol. The van der Waals surface area contributed by atoms with Gasteiger partial charge < -0.3 is 4.90 Å². The average molecular weight is 372 g/mol. The molecule has 5 rings (SSSR count). The Hall–Kier alpha value is -3.48. The molecule has 2 aliphatic heterocycles. The molecule has 2 amide bonds. The van der Waals surface area contributed by atoms with Crippen molar-refractivity contribution >= 4 is 28.8 Å². The summed E-state index contributed by atoms with van der Waals surface area (Å²) in [6.07, 6.45) is 9.24. The summed E-state index contributed by atoms with van der Waals surface area (Å²) in [7, 11) is 0. The number of fused-ring (bicyclic) bond motifs is 2. The van der Waals surface area contributed by atoms with Crippen LogP contribution in [0.25, 0.3) is 16.7 Å². The third-order valence-corrected chi connectivity index (χ3v) is 5.25. The molecule has 2 aliphatic rings. The second-order valence-corrected chi connectivity index (χ2v) is 7.04. The SMILES string of the molecule is CCN1C(=O)N(c2ccc3nn(-c4ccc(C)cn4)cc3c2)C2N=CC=CC21. The maximum absolute atomic E-state index is 13.0. The first-order chi connectivity index (χ1) is 13.7. The summed E-state index contributed by atoms with van der Waals surface area (Å²) in [4.78, 5) is 25.6. The molecule has 1 saturated heterocycles. The van der Waals surface area contributed by atoms with Gasteiger partial charge in [0, 0.05) is 36.2 Å². The van der Waals surface area contributed by atoms with Gasteiger partial charge in [0.15, 0.2) is 12.0 Å². The number of allylic oxidation sites excluding steroid dienone is 1. The van der Waals surface area contributed by atoms with Crippen LogP contribution in [-0.2, 0) is 0 Å². The van der Waals surface area contributed by atoms with Gasteiger partial charge in [-0.05, 0) is 49.8 Å². The van der Waals surface area contributed by atoms with Crippen LogP contribution in [0.15, 0.2) is 59.9 Å². The lowest BCUT2D eigenvalue weighted by atomic mass is 10.1. The van der Waals surface area contributed by atoms with Crippen molar-refractivity contribution in [3.8, 4) is 5.82 Å². The lowest BCUT2D eigenvalue weighted by molar-refractivity contribution is 0.215. The van der Waals surface area contributed by atoms with E-state index in [2.05, 4.69) is 15.1 Å². The van der Waals surface area contributed by atoms with Gasteiger partial charge in [0.1, 0.15) is 0 Å². The number of benzene rings is 1. The average Bonchev–Trinajstić information content (AvgIpc) is 3.25. The topological polar surface area (TPSA) is 66.6 Å². The predicted molar refractivity (Wildman–Crippen MR) is 109 cm³/mol. The van der Waals surface area contributed by atoms with Gasteiger partial charge in [0.25, 0.3) is 0 Å². The van der Waals surface area contributed by atoms with Gasteiger partial charge in [-0.25, -0.2) is 14.5 Å². The molecule has 2 aromatic heterocycles. The summed E-state index contributed by atoms with van der Waals surface area (Å²) in [5.41, 5.74) is 2.79. The maximum atomic E-state index is 13.0. The number of hydrogen-bond donors (Lipinski definition) is 0. The minimum Gasteiger partial charge on any atom is -0.314 e. The van der Waals surface area contributed by atoms with Crippen molar-refractivity contribution in [3.63, 3.8) is 0 Å². The highest BCUT2D eigenvalue weighted by molar-refractivity contribution is 5.98. The number of likely N-dealkylation sites (N-methyl/N-ethyl adjacent to an activating group) is 1. The van der Waals surface area contributed by atoms with E-state index in [1.807, 2.05) is 73.6 Å². The summed E-state index contributed by atoms with van der Waals surface area (Å²) in [5, 5.41) is 5.56. The molecule has 0 aliphatic carbocycles. The number of hydrogen-bond acceptors (Lipinski definition) is 4. The van der Waals surface area contributed by atoms with Gasteiger partial charge in [0.2, 0.25) is 0 Å². The van der Waals surface area contributed by atoms with Gasteiger partial charge in [-0.2, -0.15) is 5.10 Å². The zero-order valence-corrected chi connectivity index (χ0v) is 15.7. The van der Waals surface area contributed by atoms with Gasteiger partial charge in [-0.1, -0.05) is 12.1 Å². The number of rotatable bonds is 3. The molecule has 2 unspecified atom stereocenters. The van der Waals surface area contributed by atoms with Gasteiger partial charge in [0.05, 0.1) is 11.6 Å². The quantitative estimate of drug-likeness (QED) is 0.708. The minimum atomic E-state index is -0.233. The molecule has 4 heterocycles. The molecule has 0 bridgehead atoms. The zero-order chi connectivity index (χ0) is 19.3. The van der Waals surface area contributed by atoms with E-state index in [4.69, 9.17) is 0 Å². The van der Waals surface area contributed by atoms with Crippen LogP contribution >= 0.6 is 0 Å². The molecular weight excluding hydrogens is 352 g/mol. The second kappa shape index (κ2) is 6.30. The smallest absolute Gasteiger partial charge is 0.314 e. The molecule has 7 nitrogen and oxygen atoms in total. The molecule has 0 spiro atoms. The number of aliphatic imine (C=N–C) groups is 1. The Morgan fingerprint density at radius 3 is 2.86 bits per heavy atom. The van der Waals surface area contributed by atoms with E-state index in [1.165, 1.54) is 0 Å². The fourth-order valence-electron chi connectivity index (χ4n) is 3.84. The second-order valence-electron chi connectivity index (χ2n) is 7.04. The molecule has 0 saturated carbocycles. The number of pyridine rings is 1. The largest absolute Gasteiger partial charge is 0.326 e. The first-order valence-corrected chi connectivity index (χ1v) is 9.38. The highest BCUT2D eigenvalue weighted by atomic mass is 16.2. The van der Waals surface area contributed by atoms with E-state index in [0.29, 0.717) is 6.54 Å². The summed E-state index contributed by atoms with van der Waals surface area (Å²) in [6.45, 7) is 4.65. The molecule has 0 radical (unpaired) electrons. The first-order valence-electron chi connectivity index (χ1n) is 9.38. The Kier molecular flexibility index (Phi) is 3.75. The van der Waals surface area contributed by atoms with E-state index in [1.54, 1.807) is 15.8 Å². The van der Waals surface area contributed by atoms with Crippen molar-refractivity contribution in [1.82, 2.24) is 19.7 Å². The van der Waals surface area contributed by atoms with Gasteiger partial charge in [-0.15, -0.1) is 0 Å². The number of aryl methyl sites for hydroxylation is 1. The molecule has 7 heteroatoms. The van der Waals surface area contributed by atoms with Crippen LogP contribution in [0.1, 0.15) is 12.5 Å². The Labute approximate surface area is 162 Å². The van der Waals surface area contributed by atoms with Crippen molar-refractivity contribution in [2.75, 3.05) is 11.4 Å². The molecular formula is C21H20N6O. The van der Waals surface area contributed by atoms with Gasteiger partial charge >= 0.3 is 6.03 Å². The van der Waals surface area contributed by atoms with Crippen LogP contribution in [0, 0.1) is 6.92 Å². The Morgan fingerprint density at radius 1 is 1.18 bits per heavy atom. The highest BCUT2D eigenvalue weighted by Gasteiger charge is 2.45. The number of nitrogens with zero attached hydrogens (tertiary/aromatic N) is 6. The lowest BCUT2D eigenvalue weighted by Crippen LogP contribution is -2.36. The van der Waals surface area contributed by atoms with Crippen LogP contribution in [0.5, 0.6) is 0 Å². The van der Waals surface area contributed by atoms with E-state index in [-0.39, 0.29) is 18.2 Å². The Balaban J connectivity index is 1.54. The molecule has 1 aromatic carbocycles. The Morgan fingerprint density at radius 2 is 2.07 bits per heavy atom. The fourth-order valence-corrected chi connectivity index (χ4v) is 3.84. The number of carbonyl (C=O) groups is 1. The fraction of sp³-hybridized carbons (Fsp3) is 0.238. The highest BCUT2D eigenvalue weighted by Crippen LogP contribution is 2.33. The minimum absolute atomic E-state index is 0.0202. The maximum Gasteiger partial charge on any atom is 0.326 e. The number of dihydropyridines is 1. The van der Waals surface area contributed by atoms with Crippen molar-refractivity contribution in [3.05, 3.63) is 60.4 Å². The van der Waals surface area contributed by atoms with Crippen molar-refractivity contribution in [2.45, 2.75) is 26.1 Å². The van der Waals surface area contributed by atoms with Crippen LogP contribution in [-0.4, -0.2) is 50.7 Å². The number of urea groups is 1. The standard InChI is InChI=1S/C21H20N6O/c1-3-25-18-5-4-10-22-20(18)27(21(25)28)16-7-8-17-15(11-16)13-26(24-17)19-9-6-14(2)12-23-19/h4-13,18,20H,3H2,1-2H3. The number of aromatic nitrogens is 3. The number of amides is 2. The van der Waals surface area contributed by atoms with Crippen LogP contribution in [0.3, 0.4) is 0 Å². The van der Waals surface area contributed by atoms with E-state index >= 15 is 0 Å². The van der Waals surface area contributed by atoms with Crippen LogP contribution < -0.4 is 4.90 Å².